The van der Waals surface area contributed by atoms with Gasteiger partial charge in [0.15, 0.2) is 0 Å². The van der Waals surface area contributed by atoms with Crippen molar-refractivity contribution in [3.63, 3.8) is 0 Å². The number of hydrogen-bond acceptors (Lipinski definition) is 4. The molecule has 146 valence electrons. The molecule has 0 saturated carbocycles. The molecule has 1 aromatic carbocycles. The number of halogens is 1. The Hall–Kier alpha value is -2.73. The van der Waals surface area contributed by atoms with Crippen molar-refractivity contribution in [1.82, 2.24) is 14.8 Å². The summed E-state index contributed by atoms with van der Waals surface area (Å²) in [5.41, 5.74) is 1.87. The molecule has 0 spiro atoms. The van der Waals surface area contributed by atoms with Gasteiger partial charge in [-0.05, 0) is 36.2 Å². The van der Waals surface area contributed by atoms with Crippen molar-refractivity contribution >= 4 is 11.7 Å². The van der Waals surface area contributed by atoms with E-state index in [0.29, 0.717) is 6.54 Å². The number of carbonyl (C=O) groups is 1. The van der Waals surface area contributed by atoms with Crippen LogP contribution in [-0.2, 0) is 11.3 Å². The van der Waals surface area contributed by atoms with Gasteiger partial charge in [-0.15, -0.1) is 0 Å². The average molecular weight is 380 g/mol. The first-order chi connectivity index (χ1) is 13.7. The standard InChI is InChI=1S/C22H25FN4O/c23-20-5-3-4-18(16-20)17-25-10-7-19(8-11-25)22(28)27-14-12-26(13-15-27)21-6-1-2-9-24-21/h1-7,9,16H,8,10-15,17H2. The number of benzene rings is 1. The van der Waals surface area contributed by atoms with Crippen molar-refractivity contribution in [3.8, 4) is 0 Å². The Bertz CT molecular complexity index is 847. The molecule has 0 bridgehead atoms. The molecule has 0 radical (unpaired) electrons. The second kappa shape index (κ2) is 8.52. The third kappa shape index (κ3) is 4.39. The lowest BCUT2D eigenvalue weighted by Crippen LogP contribution is -2.49. The summed E-state index contributed by atoms with van der Waals surface area (Å²) in [6.45, 7) is 5.31. The number of aromatic nitrogens is 1. The molecule has 2 aromatic rings. The van der Waals surface area contributed by atoms with Crippen LogP contribution in [-0.4, -0.2) is 60.0 Å². The van der Waals surface area contributed by atoms with Crippen molar-refractivity contribution in [2.75, 3.05) is 44.2 Å². The fraction of sp³-hybridized carbons (Fsp3) is 0.364. The first-order valence-electron chi connectivity index (χ1n) is 9.80. The van der Waals surface area contributed by atoms with E-state index >= 15 is 0 Å². The predicted octanol–water partition coefficient (Wildman–Crippen LogP) is 2.70. The van der Waals surface area contributed by atoms with Gasteiger partial charge in [-0.25, -0.2) is 9.37 Å². The minimum absolute atomic E-state index is 0.158. The molecule has 1 saturated heterocycles. The number of anilines is 1. The summed E-state index contributed by atoms with van der Waals surface area (Å²) in [6.07, 6.45) is 4.58. The molecule has 2 aliphatic rings. The maximum Gasteiger partial charge on any atom is 0.249 e. The molecule has 1 fully saturated rings. The van der Waals surface area contributed by atoms with E-state index in [1.165, 1.54) is 6.07 Å². The molecule has 4 rings (SSSR count). The van der Waals surface area contributed by atoms with Gasteiger partial charge in [0, 0.05) is 57.6 Å². The van der Waals surface area contributed by atoms with Gasteiger partial charge in [0.05, 0.1) is 0 Å². The first kappa shape index (κ1) is 18.6. The van der Waals surface area contributed by atoms with E-state index in [4.69, 9.17) is 0 Å². The van der Waals surface area contributed by atoms with Crippen LogP contribution in [0.1, 0.15) is 12.0 Å². The lowest BCUT2D eigenvalue weighted by molar-refractivity contribution is -0.127. The Morgan fingerprint density at radius 2 is 1.89 bits per heavy atom. The minimum Gasteiger partial charge on any atom is -0.353 e. The van der Waals surface area contributed by atoms with E-state index in [9.17, 15) is 9.18 Å². The highest BCUT2D eigenvalue weighted by atomic mass is 19.1. The SMILES string of the molecule is O=C(C1=CCN(Cc2cccc(F)c2)CC1)N1CCN(c2ccccn2)CC1. The Morgan fingerprint density at radius 1 is 1.04 bits per heavy atom. The van der Waals surface area contributed by atoms with Crippen LogP contribution >= 0.6 is 0 Å². The summed E-state index contributed by atoms with van der Waals surface area (Å²) in [6, 6.07) is 12.6. The van der Waals surface area contributed by atoms with Crippen LogP contribution in [0.15, 0.2) is 60.3 Å². The smallest absolute Gasteiger partial charge is 0.249 e. The topological polar surface area (TPSA) is 39.7 Å². The minimum atomic E-state index is -0.203. The maximum atomic E-state index is 13.3. The van der Waals surface area contributed by atoms with Crippen molar-refractivity contribution in [1.29, 1.82) is 0 Å². The van der Waals surface area contributed by atoms with Crippen LogP contribution in [0, 0.1) is 5.82 Å². The van der Waals surface area contributed by atoms with E-state index in [-0.39, 0.29) is 11.7 Å². The Labute approximate surface area is 165 Å². The van der Waals surface area contributed by atoms with Crippen LogP contribution in [0.4, 0.5) is 10.2 Å². The molecular weight excluding hydrogens is 355 g/mol. The number of hydrogen-bond donors (Lipinski definition) is 0. The van der Waals surface area contributed by atoms with Gasteiger partial charge in [-0.3, -0.25) is 9.69 Å². The number of rotatable bonds is 4. The van der Waals surface area contributed by atoms with Gasteiger partial charge in [-0.1, -0.05) is 24.3 Å². The Morgan fingerprint density at radius 3 is 2.57 bits per heavy atom. The maximum absolute atomic E-state index is 13.3. The summed E-state index contributed by atoms with van der Waals surface area (Å²) in [4.78, 5) is 23.7. The summed E-state index contributed by atoms with van der Waals surface area (Å²) in [5, 5.41) is 0. The molecule has 1 aromatic heterocycles. The van der Waals surface area contributed by atoms with Gasteiger partial charge < -0.3 is 9.80 Å². The van der Waals surface area contributed by atoms with E-state index in [1.807, 2.05) is 35.2 Å². The van der Waals surface area contributed by atoms with Crippen LogP contribution in [0.5, 0.6) is 0 Å². The van der Waals surface area contributed by atoms with Crippen molar-refractivity contribution in [3.05, 3.63) is 71.7 Å². The molecule has 0 unspecified atom stereocenters. The fourth-order valence-electron chi connectivity index (χ4n) is 3.83. The number of carbonyl (C=O) groups excluding carboxylic acids is 1. The van der Waals surface area contributed by atoms with Crippen molar-refractivity contribution < 1.29 is 9.18 Å². The van der Waals surface area contributed by atoms with E-state index in [2.05, 4.69) is 14.8 Å². The molecule has 3 heterocycles. The summed E-state index contributed by atoms with van der Waals surface area (Å²) in [5.74, 6) is 0.927. The van der Waals surface area contributed by atoms with E-state index in [1.54, 1.807) is 18.3 Å². The molecule has 1 amide bonds. The molecule has 0 aliphatic carbocycles. The Kier molecular flexibility index (Phi) is 5.67. The van der Waals surface area contributed by atoms with Gasteiger partial charge in [0.1, 0.15) is 11.6 Å². The number of piperazine rings is 1. The highest BCUT2D eigenvalue weighted by Gasteiger charge is 2.25. The summed E-state index contributed by atoms with van der Waals surface area (Å²) >= 11 is 0. The largest absolute Gasteiger partial charge is 0.353 e. The number of amides is 1. The second-order valence-electron chi connectivity index (χ2n) is 7.31. The third-order valence-corrected chi connectivity index (χ3v) is 5.40. The van der Waals surface area contributed by atoms with Crippen molar-refractivity contribution in [2.24, 2.45) is 0 Å². The zero-order valence-corrected chi connectivity index (χ0v) is 15.9. The molecular formula is C22H25FN4O. The van der Waals surface area contributed by atoms with Crippen LogP contribution < -0.4 is 4.90 Å². The van der Waals surface area contributed by atoms with Crippen LogP contribution in [0.3, 0.4) is 0 Å². The zero-order chi connectivity index (χ0) is 19.3. The summed E-state index contributed by atoms with van der Waals surface area (Å²) in [7, 11) is 0. The van der Waals surface area contributed by atoms with Crippen molar-refractivity contribution in [2.45, 2.75) is 13.0 Å². The highest BCUT2D eigenvalue weighted by Crippen LogP contribution is 2.19. The van der Waals surface area contributed by atoms with E-state index < -0.39 is 0 Å². The van der Waals surface area contributed by atoms with Gasteiger partial charge in [0.25, 0.3) is 0 Å². The second-order valence-corrected chi connectivity index (χ2v) is 7.31. The Balaban J connectivity index is 1.29. The summed E-state index contributed by atoms with van der Waals surface area (Å²) < 4.78 is 13.3. The molecule has 0 atom stereocenters. The fourth-order valence-corrected chi connectivity index (χ4v) is 3.83. The molecule has 0 N–H and O–H groups in total. The number of nitrogens with zero attached hydrogens (tertiary/aromatic N) is 4. The first-order valence-corrected chi connectivity index (χ1v) is 9.80. The molecule has 2 aliphatic heterocycles. The van der Waals surface area contributed by atoms with Gasteiger partial charge in [-0.2, -0.15) is 0 Å². The van der Waals surface area contributed by atoms with Gasteiger partial charge in [0.2, 0.25) is 5.91 Å². The highest BCUT2D eigenvalue weighted by molar-refractivity contribution is 5.93. The van der Waals surface area contributed by atoms with Gasteiger partial charge >= 0.3 is 0 Å². The monoisotopic (exact) mass is 380 g/mol. The lowest BCUT2D eigenvalue weighted by atomic mass is 10.1. The quantitative estimate of drug-likeness (QED) is 0.818. The van der Waals surface area contributed by atoms with E-state index in [0.717, 1.165) is 62.6 Å². The lowest BCUT2D eigenvalue weighted by Gasteiger charge is -2.36. The van der Waals surface area contributed by atoms with Crippen LogP contribution in [0.2, 0.25) is 0 Å². The molecule has 28 heavy (non-hydrogen) atoms. The number of pyridine rings is 1. The molecule has 5 nitrogen and oxygen atoms in total. The average Bonchev–Trinajstić information content (AvgIpc) is 2.75. The zero-order valence-electron chi connectivity index (χ0n) is 15.9. The third-order valence-electron chi connectivity index (χ3n) is 5.40. The predicted molar refractivity (Wildman–Crippen MR) is 107 cm³/mol. The van der Waals surface area contributed by atoms with Crippen LogP contribution in [0.25, 0.3) is 0 Å². The normalized spacial score (nSPS) is 18.1. The molecule has 6 heteroatoms.